The Labute approximate surface area is 204 Å². The first-order chi connectivity index (χ1) is 15.8. The molecule has 1 aliphatic rings. The van der Waals surface area contributed by atoms with Gasteiger partial charge in [0.2, 0.25) is 0 Å². The van der Waals surface area contributed by atoms with Gasteiger partial charge in [-0.3, -0.25) is 9.59 Å². The van der Waals surface area contributed by atoms with Gasteiger partial charge in [-0.2, -0.15) is 0 Å². The van der Waals surface area contributed by atoms with Gasteiger partial charge in [-0.15, -0.1) is 0 Å². The first kappa shape index (κ1) is 23.2. The van der Waals surface area contributed by atoms with Gasteiger partial charge in [-0.25, -0.2) is 0 Å². The van der Waals surface area contributed by atoms with Crippen LogP contribution < -0.4 is 4.74 Å². The van der Waals surface area contributed by atoms with Crippen LogP contribution in [-0.2, 0) is 16.1 Å². The Hall–Kier alpha value is -2.93. The molecule has 6 nitrogen and oxygen atoms in total. The molecule has 1 aromatic heterocycles. The molecular formula is C24H18Cl3NO5. The Morgan fingerprint density at radius 2 is 1.85 bits per heavy atom. The lowest BCUT2D eigenvalue weighted by Crippen LogP contribution is -2.29. The van der Waals surface area contributed by atoms with Gasteiger partial charge in [0.25, 0.3) is 11.7 Å². The van der Waals surface area contributed by atoms with E-state index in [-0.39, 0.29) is 33.5 Å². The quantitative estimate of drug-likeness (QED) is 0.242. The van der Waals surface area contributed by atoms with E-state index in [4.69, 9.17) is 44.0 Å². The van der Waals surface area contributed by atoms with Crippen LogP contribution >= 0.6 is 34.8 Å². The number of aliphatic hydroxyl groups is 1. The Kier molecular flexibility index (Phi) is 6.70. The van der Waals surface area contributed by atoms with Crippen LogP contribution in [0.3, 0.4) is 0 Å². The van der Waals surface area contributed by atoms with E-state index >= 15 is 0 Å². The minimum atomic E-state index is -0.921. The number of Topliss-reactive ketones (excluding diaryl/α,β-unsaturated/α-hetero) is 1. The Balaban J connectivity index is 1.86. The normalized spacial score (nSPS) is 17.6. The number of hydrogen-bond acceptors (Lipinski definition) is 5. The zero-order valence-electron chi connectivity index (χ0n) is 17.3. The summed E-state index contributed by atoms with van der Waals surface area (Å²) in [5.41, 5.74) is 0.684. The Morgan fingerprint density at radius 1 is 1.06 bits per heavy atom. The first-order valence-corrected chi connectivity index (χ1v) is 11.1. The topological polar surface area (TPSA) is 80.0 Å². The van der Waals surface area contributed by atoms with Crippen molar-refractivity contribution in [3.05, 3.63) is 92.3 Å². The highest BCUT2D eigenvalue weighted by molar-refractivity contribution is 6.47. The molecule has 0 saturated carbocycles. The summed E-state index contributed by atoms with van der Waals surface area (Å²) in [5, 5.41) is 12.0. The molecule has 3 aromatic rings. The molecule has 2 heterocycles. The highest BCUT2D eigenvalue weighted by atomic mass is 35.5. The van der Waals surface area contributed by atoms with Crippen LogP contribution in [0.2, 0.25) is 15.1 Å². The second kappa shape index (κ2) is 9.51. The molecular weight excluding hydrogens is 489 g/mol. The van der Waals surface area contributed by atoms with Crippen molar-refractivity contribution < 1.29 is 23.8 Å². The third-order valence-electron chi connectivity index (χ3n) is 5.21. The van der Waals surface area contributed by atoms with Crippen molar-refractivity contribution in [2.24, 2.45) is 0 Å². The van der Waals surface area contributed by atoms with E-state index in [0.717, 1.165) is 0 Å². The number of furan rings is 1. The highest BCUT2D eigenvalue weighted by Gasteiger charge is 2.46. The van der Waals surface area contributed by atoms with Crippen LogP contribution in [0, 0.1) is 0 Å². The number of carbonyl (C=O) groups is 2. The second-order valence-electron chi connectivity index (χ2n) is 7.26. The number of rotatable bonds is 6. The predicted molar refractivity (Wildman–Crippen MR) is 126 cm³/mol. The van der Waals surface area contributed by atoms with Gasteiger partial charge < -0.3 is 19.2 Å². The number of amides is 1. The fraction of sp³-hybridized carbons (Fsp3) is 0.167. The predicted octanol–water partition coefficient (Wildman–Crippen LogP) is 6.26. The van der Waals surface area contributed by atoms with Crippen LogP contribution in [0.1, 0.15) is 29.9 Å². The van der Waals surface area contributed by atoms with Gasteiger partial charge in [0.05, 0.1) is 46.1 Å². The van der Waals surface area contributed by atoms with Crippen molar-refractivity contribution in [1.82, 2.24) is 4.90 Å². The van der Waals surface area contributed by atoms with Crippen molar-refractivity contribution in [3.63, 3.8) is 0 Å². The summed E-state index contributed by atoms with van der Waals surface area (Å²) >= 11 is 18.6. The molecule has 170 valence electrons. The lowest BCUT2D eigenvalue weighted by atomic mass is 9.95. The second-order valence-corrected chi connectivity index (χ2v) is 8.48. The lowest BCUT2D eigenvalue weighted by molar-refractivity contribution is -0.140. The molecule has 1 N–H and O–H groups in total. The van der Waals surface area contributed by atoms with Crippen LogP contribution in [0.25, 0.3) is 5.76 Å². The molecule has 2 aromatic carbocycles. The third-order valence-corrected chi connectivity index (χ3v) is 6.25. The standard InChI is InChI=1S/C24H18Cl3NO5/c1-2-32-19-8-6-14(11-18(19)27)22(29)20-21(13-5-7-16(25)17(26)10-13)28(24(31)23(20)30)12-15-4-3-9-33-15/h3-11,21,29H,2,12H2,1H3/b22-20-. The van der Waals surface area contributed by atoms with E-state index in [9.17, 15) is 14.7 Å². The average molecular weight is 507 g/mol. The van der Waals surface area contributed by atoms with E-state index < -0.39 is 17.7 Å². The van der Waals surface area contributed by atoms with E-state index in [1.54, 1.807) is 42.5 Å². The molecule has 4 rings (SSSR count). The molecule has 0 aliphatic carbocycles. The molecule has 0 radical (unpaired) electrons. The largest absolute Gasteiger partial charge is 0.507 e. The molecule has 0 spiro atoms. The Bertz CT molecular complexity index is 1250. The van der Waals surface area contributed by atoms with E-state index in [1.165, 1.54) is 17.2 Å². The minimum Gasteiger partial charge on any atom is -0.507 e. The smallest absolute Gasteiger partial charge is 0.296 e. The van der Waals surface area contributed by atoms with Crippen molar-refractivity contribution in [2.45, 2.75) is 19.5 Å². The number of benzene rings is 2. The number of halogens is 3. The van der Waals surface area contributed by atoms with E-state index in [1.807, 2.05) is 6.92 Å². The fourth-order valence-electron chi connectivity index (χ4n) is 3.72. The Morgan fingerprint density at radius 3 is 2.48 bits per heavy atom. The molecule has 33 heavy (non-hydrogen) atoms. The zero-order chi connectivity index (χ0) is 23.7. The van der Waals surface area contributed by atoms with Crippen molar-refractivity contribution in [3.8, 4) is 5.75 Å². The van der Waals surface area contributed by atoms with Crippen molar-refractivity contribution >= 4 is 52.3 Å². The summed E-state index contributed by atoms with van der Waals surface area (Å²) in [6, 6.07) is 11.9. The minimum absolute atomic E-state index is 0.0172. The number of aliphatic hydroxyl groups excluding tert-OH is 1. The summed E-state index contributed by atoms with van der Waals surface area (Å²) in [7, 11) is 0. The lowest BCUT2D eigenvalue weighted by Gasteiger charge is -2.24. The number of hydrogen-bond donors (Lipinski definition) is 1. The molecule has 1 aliphatic heterocycles. The van der Waals surface area contributed by atoms with Crippen LogP contribution in [0.4, 0.5) is 0 Å². The van der Waals surface area contributed by atoms with Crippen LogP contribution in [-0.4, -0.2) is 28.3 Å². The maximum Gasteiger partial charge on any atom is 0.296 e. The van der Waals surface area contributed by atoms with Crippen molar-refractivity contribution in [2.75, 3.05) is 6.61 Å². The first-order valence-electron chi connectivity index (χ1n) is 10.00. The summed E-state index contributed by atoms with van der Waals surface area (Å²) in [5.74, 6) is -1.06. The van der Waals surface area contributed by atoms with Gasteiger partial charge in [-0.05, 0) is 55.0 Å². The molecule has 1 fully saturated rings. The van der Waals surface area contributed by atoms with Gasteiger partial charge in [0.15, 0.2) is 0 Å². The molecule has 1 unspecified atom stereocenters. The number of carbonyl (C=O) groups excluding carboxylic acids is 2. The highest BCUT2D eigenvalue weighted by Crippen LogP contribution is 2.42. The zero-order valence-corrected chi connectivity index (χ0v) is 19.6. The number of ether oxygens (including phenoxy) is 1. The monoisotopic (exact) mass is 505 g/mol. The van der Waals surface area contributed by atoms with Gasteiger partial charge in [-0.1, -0.05) is 40.9 Å². The summed E-state index contributed by atoms with van der Waals surface area (Å²) in [6.45, 7) is 2.26. The summed E-state index contributed by atoms with van der Waals surface area (Å²) in [4.78, 5) is 27.4. The molecule has 0 bridgehead atoms. The van der Waals surface area contributed by atoms with Gasteiger partial charge in [0, 0.05) is 5.56 Å². The van der Waals surface area contributed by atoms with Gasteiger partial charge >= 0.3 is 0 Å². The van der Waals surface area contributed by atoms with E-state index in [2.05, 4.69) is 0 Å². The maximum atomic E-state index is 13.1. The molecule has 9 heteroatoms. The van der Waals surface area contributed by atoms with Gasteiger partial charge in [0.1, 0.15) is 17.3 Å². The summed E-state index contributed by atoms with van der Waals surface area (Å²) < 4.78 is 10.8. The number of nitrogens with zero attached hydrogens (tertiary/aromatic N) is 1. The molecule has 1 atom stereocenters. The third kappa shape index (κ3) is 4.47. The van der Waals surface area contributed by atoms with Crippen LogP contribution in [0.15, 0.2) is 64.8 Å². The number of ketones is 1. The maximum absolute atomic E-state index is 13.1. The molecule has 1 amide bonds. The van der Waals surface area contributed by atoms with E-state index in [0.29, 0.717) is 28.7 Å². The average Bonchev–Trinajstić information content (AvgIpc) is 3.39. The number of likely N-dealkylation sites (tertiary alicyclic amines) is 1. The summed E-state index contributed by atoms with van der Waals surface area (Å²) in [6.07, 6.45) is 1.47. The fourth-order valence-corrected chi connectivity index (χ4v) is 4.26. The van der Waals surface area contributed by atoms with Crippen LogP contribution in [0.5, 0.6) is 5.75 Å². The molecule has 1 saturated heterocycles. The SMILES string of the molecule is CCOc1ccc(/C(O)=C2/C(=O)C(=O)N(Cc3ccco3)C2c2ccc(Cl)c(Cl)c2)cc1Cl. The van der Waals surface area contributed by atoms with Crippen molar-refractivity contribution in [1.29, 1.82) is 0 Å².